The van der Waals surface area contributed by atoms with Crippen LogP contribution in [-0.4, -0.2) is 30.0 Å². The third kappa shape index (κ3) is 3.75. The molecular formula is C21H23N3O4S. The Bertz CT molecular complexity index is 1130. The number of phenolic OH excluding ortho intramolecular Hbond substituents is 1. The molecule has 1 amide bonds. The molecule has 0 spiro atoms. The summed E-state index contributed by atoms with van der Waals surface area (Å²) in [7, 11) is 3.16. The van der Waals surface area contributed by atoms with Gasteiger partial charge in [-0.1, -0.05) is 13.0 Å². The van der Waals surface area contributed by atoms with Gasteiger partial charge in [-0.2, -0.15) is 0 Å². The van der Waals surface area contributed by atoms with Gasteiger partial charge < -0.3 is 20.6 Å². The van der Waals surface area contributed by atoms with Gasteiger partial charge in [0.05, 0.1) is 17.3 Å². The summed E-state index contributed by atoms with van der Waals surface area (Å²) in [6.45, 7) is 4.00. The molecular weight excluding hydrogens is 390 g/mol. The average molecular weight is 413 g/mol. The molecule has 3 aromatic rings. The van der Waals surface area contributed by atoms with Gasteiger partial charge in [-0.05, 0) is 42.5 Å². The Morgan fingerprint density at radius 3 is 2.45 bits per heavy atom. The Labute approximate surface area is 172 Å². The van der Waals surface area contributed by atoms with E-state index in [1.807, 2.05) is 25.3 Å². The maximum absolute atomic E-state index is 12.2. The molecule has 3 N–H and O–H groups in total. The van der Waals surface area contributed by atoms with E-state index in [4.69, 9.17) is 0 Å². The number of benzene rings is 1. The van der Waals surface area contributed by atoms with Gasteiger partial charge in [0.2, 0.25) is 0 Å². The molecule has 0 unspecified atom stereocenters. The molecule has 7 nitrogen and oxygen atoms in total. The van der Waals surface area contributed by atoms with Crippen LogP contribution in [-0.2, 0) is 0 Å². The van der Waals surface area contributed by atoms with Gasteiger partial charge in [-0.25, -0.2) is 0 Å². The monoisotopic (exact) mass is 413 g/mol. The molecule has 0 saturated heterocycles. The van der Waals surface area contributed by atoms with Crippen LogP contribution in [0.2, 0.25) is 0 Å². The second-order valence-electron chi connectivity index (χ2n) is 7.01. The fourth-order valence-corrected chi connectivity index (χ4v) is 4.17. The highest BCUT2D eigenvalue weighted by Gasteiger charge is 2.26. The molecule has 152 valence electrons. The molecule has 0 bridgehead atoms. The molecule has 0 fully saturated rings. The number of amides is 1. The summed E-state index contributed by atoms with van der Waals surface area (Å²) in [4.78, 5) is 39.0. The molecule has 0 radical (unpaired) electrons. The molecule has 0 saturated carbocycles. The lowest BCUT2D eigenvalue weighted by Crippen LogP contribution is -2.37. The van der Waals surface area contributed by atoms with Crippen LogP contribution in [0.5, 0.6) is 5.75 Å². The van der Waals surface area contributed by atoms with Crippen molar-refractivity contribution in [2.24, 2.45) is 0 Å². The predicted octanol–water partition coefficient (Wildman–Crippen LogP) is 3.37. The predicted molar refractivity (Wildman–Crippen MR) is 116 cm³/mol. The lowest BCUT2D eigenvalue weighted by atomic mass is 10.1. The standard InChI is InChI=1S/C21H23N3O4S/c1-5-13(20-11(2)9-10-29-20)22-15-16(19(27)18(15)26)23-14-8-6-7-12(17(14)25)21(28)24(3)4/h6-10,13,22-23,25H,5H2,1-4H3/t13-/m1/s1. The van der Waals surface area contributed by atoms with E-state index in [1.54, 1.807) is 37.6 Å². The summed E-state index contributed by atoms with van der Waals surface area (Å²) in [6, 6.07) is 6.55. The summed E-state index contributed by atoms with van der Waals surface area (Å²) in [5.41, 5.74) is 0.442. The van der Waals surface area contributed by atoms with Gasteiger partial charge in [-0.3, -0.25) is 14.4 Å². The third-order valence-corrected chi connectivity index (χ3v) is 5.92. The van der Waals surface area contributed by atoms with Gasteiger partial charge in [0, 0.05) is 19.0 Å². The smallest absolute Gasteiger partial charge is 0.257 e. The van der Waals surface area contributed by atoms with E-state index in [9.17, 15) is 19.5 Å². The van der Waals surface area contributed by atoms with Gasteiger partial charge in [-0.15, -0.1) is 11.3 Å². The third-order valence-electron chi connectivity index (χ3n) is 4.79. The zero-order valence-corrected chi connectivity index (χ0v) is 17.5. The van der Waals surface area contributed by atoms with E-state index < -0.39 is 10.9 Å². The fourth-order valence-electron chi connectivity index (χ4n) is 3.11. The number of carbonyl (C=O) groups excluding carboxylic acids is 1. The van der Waals surface area contributed by atoms with Gasteiger partial charge >= 0.3 is 0 Å². The van der Waals surface area contributed by atoms with Crippen molar-refractivity contribution in [3.05, 3.63) is 66.1 Å². The lowest BCUT2D eigenvalue weighted by molar-refractivity contribution is 0.0824. The first-order valence-corrected chi connectivity index (χ1v) is 10.1. The highest BCUT2D eigenvalue weighted by atomic mass is 32.1. The molecule has 29 heavy (non-hydrogen) atoms. The first kappa shape index (κ1) is 20.6. The molecule has 1 aromatic heterocycles. The SMILES string of the molecule is CC[C@@H](Nc1c(Nc2cccc(C(=O)N(C)C)c2O)c(=O)c1=O)c1sccc1C. The lowest BCUT2D eigenvalue weighted by Gasteiger charge is -2.22. The Morgan fingerprint density at radius 1 is 1.17 bits per heavy atom. The summed E-state index contributed by atoms with van der Waals surface area (Å²) in [6.07, 6.45) is 0.734. The first-order valence-electron chi connectivity index (χ1n) is 9.20. The number of aromatic hydroxyl groups is 1. The highest BCUT2D eigenvalue weighted by molar-refractivity contribution is 7.10. The first-order chi connectivity index (χ1) is 13.8. The topological polar surface area (TPSA) is 98.7 Å². The maximum atomic E-state index is 12.2. The number of hydrogen-bond acceptors (Lipinski definition) is 7. The molecule has 0 aliphatic rings. The van der Waals surface area contributed by atoms with Crippen LogP contribution in [0, 0.1) is 6.92 Å². The summed E-state index contributed by atoms with van der Waals surface area (Å²) < 4.78 is 0. The number of aryl methyl sites for hydroxylation is 1. The van der Waals surface area contributed by atoms with Crippen molar-refractivity contribution in [3.63, 3.8) is 0 Å². The second kappa shape index (κ2) is 8.08. The van der Waals surface area contributed by atoms with E-state index in [-0.39, 0.29) is 40.3 Å². The van der Waals surface area contributed by atoms with Crippen molar-refractivity contribution in [2.45, 2.75) is 26.3 Å². The van der Waals surface area contributed by atoms with E-state index in [1.165, 1.54) is 11.0 Å². The van der Waals surface area contributed by atoms with Crippen LogP contribution in [0.25, 0.3) is 0 Å². The minimum atomic E-state index is -0.658. The Balaban J connectivity index is 1.91. The molecule has 0 aliphatic heterocycles. The molecule has 2 aromatic carbocycles. The van der Waals surface area contributed by atoms with Crippen LogP contribution in [0.4, 0.5) is 17.1 Å². The molecule has 8 heteroatoms. The second-order valence-corrected chi connectivity index (χ2v) is 7.96. The molecule has 1 heterocycles. The van der Waals surface area contributed by atoms with Crippen LogP contribution in [0.3, 0.4) is 0 Å². The highest BCUT2D eigenvalue weighted by Crippen LogP contribution is 2.34. The van der Waals surface area contributed by atoms with Crippen molar-refractivity contribution in [2.75, 3.05) is 24.7 Å². The Kier molecular flexibility index (Phi) is 5.74. The Morgan fingerprint density at radius 2 is 1.86 bits per heavy atom. The number of nitrogens with zero attached hydrogens (tertiary/aromatic N) is 1. The molecule has 1 atom stereocenters. The van der Waals surface area contributed by atoms with Gasteiger partial charge in [0.15, 0.2) is 5.75 Å². The maximum Gasteiger partial charge on any atom is 0.257 e. The zero-order chi connectivity index (χ0) is 21.3. The van der Waals surface area contributed by atoms with Crippen LogP contribution in [0.1, 0.15) is 40.2 Å². The molecule has 3 rings (SSSR count). The summed E-state index contributed by atoms with van der Waals surface area (Å²) in [5.74, 6) is -0.639. The molecule has 0 aliphatic carbocycles. The summed E-state index contributed by atoms with van der Waals surface area (Å²) >= 11 is 1.59. The van der Waals surface area contributed by atoms with Crippen molar-refractivity contribution < 1.29 is 9.90 Å². The van der Waals surface area contributed by atoms with Crippen LogP contribution >= 0.6 is 11.3 Å². The number of rotatable bonds is 7. The normalized spacial score (nSPS) is 12.0. The quantitative estimate of drug-likeness (QED) is 0.406. The number of hydrogen-bond donors (Lipinski definition) is 3. The van der Waals surface area contributed by atoms with Gasteiger partial charge in [0.1, 0.15) is 11.4 Å². The number of carbonyl (C=O) groups is 1. The van der Waals surface area contributed by atoms with E-state index in [2.05, 4.69) is 10.6 Å². The van der Waals surface area contributed by atoms with Crippen molar-refractivity contribution >= 4 is 34.3 Å². The van der Waals surface area contributed by atoms with Crippen LogP contribution < -0.4 is 21.5 Å². The zero-order valence-electron chi connectivity index (χ0n) is 16.7. The van der Waals surface area contributed by atoms with Gasteiger partial charge in [0.25, 0.3) is 16.8 Å². The number of phenols is 1. The number of para-hydroxylation sites is 1. The largest absolute Gasteiger partial charge is 0.505 e. The summed E-state index contributed by atoms with van der Waals surface area (Å²) in [5, 5.41) is 18.5. The van der Waals surface area contributed by atoms with E-state index in [0.29, 0.717) is 0 Å². The van der Waals surface area contributed by atoms with E-state index in [0.717, 1.165) is 16.9 Å². The van der Waals surface area contributed by atoms with Crippen molar-refractivity contribution in [3.8, 4) is 5.75 Å². The number of anilines is 3. The van der Waals surface area contributed by atoms with Crippen molar-refractivity contribution in [1.29, 1.82) is 0 Å². The number of thiophene rings is 1. The van der Waals surface area contributed by atoms with Crippen LogP contribution in [0.15, 0.2) is 39.2 Å². The fraction of sp³-hybridized carbons (Fsp3) is 0.286. The minimum absolute atomic E-state index is 0.0902. The van der Waals surface area contributed by atoms with E-state index >= 15 is 0 Å². The minimum Gasteiger partial charge on any atom is -0.505 e. The Hall–Kier alpha value is -3.13. The van der Waals surface area contributed by atoms with Crippen molar-refractivity contribution in [1.82, 2.24) is 4.90 Å². The average Bonchev–Trinajstić information content (AvgIpc) is 3.13. The number of nitrogens with one attached hydrogen (secondary N) is 2.